The van der Waals surface area contributed by atoms with Crippen LogP contribution in [0.25, 0.3) is 0 Å². The maximum absolute atomic E-state index is 13.4. The van der Waals surface area contributed by atoms with Crippen molar-refractivity contribution >= 4 is 11.7 Å². The second kappa shape index (κ2) is 8.12. The molecule has 2 rings (SSSR count). The van der Waals surface area contributed by atoms with Gasteiger partial charge in [0.2, 0.25) is 0 Å². The Morgan fingerprint density at radius 3 is 2.57 bits per heavy atom. The van der Waals surface area contributed by atoms with E-state index in [4.69, 9.17) is 4.74 Å². The van der Waals surface area contributed by atoms with Gasteiger partial charge in [0.15, 0.2) is 11.6 Å². The van der Waals surface area contributed by atoms with Crippen molar-refractivity contribution in [1.82, 2.24) is 5.32 Å². The number of halogens is 2. The first-order chi connectivity index (χ1) is 11.1. The third-order valence-electron chi connectivity index (χ3n) is 3.16. The molecule has 2 aromatic carbocycles. The van der Waals surface area contributed by atoms with E-state index in [1.165, 1.54) is 6.07 Å². The van der Waals surface area contributed by atoms with Crippen LogP contribution in [-0.2, 0) is 0 Å². The van der Waals surface area contributed by atoms with Crippen molar-refractivity contribution in [2.24, 2.45) is 0 Å². The zero-order valence-corrected chi connectivity index (χ0v) is 12.8. The predicted molar refractivity (Wildman–Crippen MR) is 84.7 cm³/mol. The minimum absolute atomic E-state index is 0.0453. The monoisotopic (exact) mass is 320 g/mol. The van der Waals surface area contributed by atoms with Crippen LogP contribution in [0.2, 0.25) is 0 Å². The van der Waals surface area contributed by atoms with Gasteiger partial charge in [0.05, 0.1) is 6.54 Å². The number of nitrogens with zero attached hydrogens (tertiary/aromatic N) is 1. The molecule has 0 aliphatic rings. The summed E-state index contributed by atoms with van der Waals surface area (Å²) in [7, 11) is 0. The third kappa shape index (κ3) is 4.67. The Kier molecular flexibility index (Phi) is 5.91. The fourth-order valence-corrected chi connectivity index (χ4v) is 2.06. The van der Waals surface area contributed by atoms with Gasteiger partial charge >= 0.3 is 6.03 Å². The fraction of sp³-hybridized carbons (Fsp3) is 0.235. The van der Waals surface area contributed by atoms with Gasteiger partial charge in [-0.05, 0) is 31.2 Å². The number of carbonyl (C=O) groups excluding carboxylic acids is 1. The highest BCUT2D eigenvalue weighted by atomic mass is 19.1. The molecule has 0 bridgehead atoms. The first kappa shape index (κ1) is 16.7. The van der Waals surface area contributed by atoms with Crippen LogP contribution in [0, 0.1) is 11.6 Å². The quantitative estimate of drug-likeness (QED) is 0.827. The van der Waals surface area contributed by atoms with Crippen molar-refractivity contribution in [3.8, 4) is 5.75 Å². The maximum Gasteiger partial charge on any atom is 0.321 e. The maximum atomic E-state index is 13.4. The van der Waals surface area contributed by atoms with Crippen molar-refractivity contribution in [1.29, 1.82) is 0 Å². The van der Waals surface area contributed by atoms with Crippen molar-refractivity contribution in [3.05, 3.63) is 60.2 Å². The van der Waals surface area contributed by atoms with Crippen molar-refractivity contribution in [3.63, 3.8) is 0 Å². The molecule has 0 unspecified atom stereocenters. The number of hydrogen-bond acceptors (Lipinski definition) is 2. The molecule has 2 aromatic rings. The van der Waals surface area contributed by atoms with Gasteiger partial charge in [0.25, 0.3) is 0 Å². The number of anilines is 1. The number of carbonyl (C=O) groups is 1. The average Bonchev–Trinajstić information content (AvgIpc) is 2.55. The van der Waals surface area contributed by atoms with E-state index in [0.717, 1.165) is 17.8 Å². The summed E-state index contributed by atoms with van der Waals surface area (Å²) >= 11 is 0. The van der Waals surface area contributed by atoms with Gasteiger partial charge in [-0.15, -0.1) is 0 Å². The number of nitrogens with one attached hydrogen (secondary N) is 1. The Labute approximate surface area is 133 Å². The van der Waals surface area contributed by atoms with Gasteiger partial charge in [-0.25, -0.2) is 13.6 Å². The minimum Gasteiger partial charge on any atom is -0.489 e. The van der Waals surface area contributed by atoms with Gasteiger partial charge in [-0.1, -0.05) is 18.2 Å². The largest absolute Gasteiger partial charge is 0.489 e. The molecule has 122 valence electrons. The lowest BCUT2D eigenvalue weighted by Crippen LogP contribution is -2.41. The molecule has 0 spiro atoms. The second-order valence-corrected chi connectivity index (χ2v) is 4.73. The number of urea groups is 1. The van der Waals surface area contributed by atoms with Crippen LogP contribution >= 0.6 is 0 Å². The topological polar surface area (TPSA) is 41.6 Å². The number of ether oxygens (including phenoxy) is 1. The average molecular weight is 320 g/mol. The molecule has 0 atom stereocenters. The molecule has 2 amide bonds. The Morgan fingerprint density at radius 1 is 1.17 bits per heavy atom. The standard InChI is InChI=1S/C17H18F2N2O2/c1-2-21(14-6-4-3-5-7-14)17(22)20-10-11-23-16-9-8-13(18)12-15(16)19/h3-9,12H,2,10-11H2,1H3,(H,20,22). The summed E-state index contributed by atoms with van der Waals surface area (Å²) in [6.07, 6.45) is 0. The van der Waals surface area contributed by atoms with Crippen LogP contribution in [0.3, 0.4) is 0 Å². The van der Waals surface area contributed by atoms with Crippen LogP contribution in [0.1, 0.15) is 6.92 Å². The van der Waals surface area contributed by atoms with Gasteiger partial charge < -0.3 is 10.1 Å². The highest BCUT2D eigenvalue weighted by Crippen LogP contribution is 2.17. The molecule has 0 aromatic heterocycles. The molecule has 6 heteroatoms. The fourth-order valence-electron chi connectivity index (χ4n) is 2.06. The van der Waals surface area contributed by atoms with E-state index in [2.05, 4.69) is 5.32 Å². The van der Waals surface area contributed by atoms with Crippen LogP contribution in [0.4, 0.5) is 19.3 Å². The Hall–Kier alpha value is -2.63. The summed E-state index contributed by atoms with van der Waals surface area (Å²) in [6, 6.07) is 12.1. The SMILES string of the molecule is CCN(C(=O)NCCOc1ccc(F)cc1F)c1ccccc1. The lowest BCUT2D eigenvalue weighted by Gasteiger charge is -2.21. The Bertz CT molecular complexity index is 650. The lowest BCUT2D eigenvalue weighted by atomic mass is 10.3. The number of rotatable bonds is 6. The van der Waals surface area contributed by atoms with Crippen molar-refractivity contribution in [2.45, 2.75) is 6.92 Å². The van der Waals surface area contributed by atoms with Gasteiger partial charge in [0.1, 0.15) is 12.4 Å². The molecule has 1 N–H and O–H groups in total. The molecule has 0 aliphatic heterocycles. The smallest absolute Gasteiger partial charge is 0.321 e. The summed E-state index contributed by atoms with van der Waals surface area (Å²) in [5.74, 6) is -1.48. The molecule has 4 nitrogen and oxygen atoms in total. The molecule has 0 fully saturated rings. The summed E-state index contributed by atoms with van der Waals surface area (Å²) in [5.41, 5.74) is 0.790. The van der Waals surface area contributed by atoms with Gasteiger partial charge in [-0.2, -0.15) is 0 Å². The zero-order valence-electron chi connectivity index (χ0n) is 12.8. The first-order valence-corrected chi connectivity index (χ1v) is 7.30. The normalized spacial score (nSPS) is 10.2. The van der Waals surface area contributed by atoms with E-state index in [-0.39, 0.29) is 24.9 Å². The predicted octanol–water partition coefficient (Wildman–Crippen LogP) is 3.58. The van der Waals surface area contributed by atoms with Gasteiger partial charge in [0, 0.05) is 18.3 Å². The molecular weight excluding hydrogens is 302 g/mol. The minimum atomic E-state index is -0.768. The molecule has 0 radical (unpaired) electrons. The van der Waals surface area contributed by atoms with Crippen LogP contribution < -0.4 is 15.0 Å². The summed E-state index contributed by atoms with van der Waals surface area (Å²) in [6.45, 7) is 2.68. The number of para-hydroxylation sites is 1. The van der Waals surface area contributed by atoms with E-state index in [1.54, 1.807) is 4.90 Å². The van der Waals surface area contributed by atoms with Gasteiger partial charge in [-0.3, -0.25) is 4.90 Å². The number of amides is 2. The van der Waals surface area contributed by atoms with Crippen molar-refractivity contribution in [2.75, 3.05) is 24.6 Å². The summed E-state index contributed by atoms with van der Waals surface area (Å²) in [4.78, 5) is 13.7. The zero-order chi connectivity index (χ0) is 16.7. The van der Waals surface area contributed by atoms with E-state index in [1.807, 2.05) is 37.3 Å². The molecule has 0 saturated heterocycles. The molecular formula is C17H18F2N2O2. The van der Waals surface area contributed by atoms with Crippen molar-refractivity contribution < 1.29 is 18.3 Å². The molecule has 0 aliphatic carbocycles. The van der Waals surface area contributed by atoms with Crippen LogP contribution in [-0.4, -0.2) is 25.7 Å². The number of hydrogen-bond donors (Lipinski definition) is 1. The molecule has 0 heterocycles. The Morgan fingerprint density at radius 2 is 1.91 bits per heavy atom. The van der Waals surface area contributed by atoms with E-state index >= 15 is 0 Å². The molecule has 23 heavy (non-hydrogen) atoms. The lowest BCUT2D eigenvalue weighted by molar-refractivity contribution is 0.241. The highest BCUT2D eigenvalue weighted by Gasteiger charge is 2.12. The van der Waals surface area contributed by atoms with E-state index < -0.39 is 11.6 Å². The van der Waals surface area contributed by atoms with E-state index in [0.29, 0.717) is 6.54 Å². The first-order valence-electron chi connectivity index (χ1n) is 7.30. The third-order valence-corrected chi connectivity index (χ3v) is 3.16. The van der Waals surface area contributed by atoms with Crippen LogP contribution in [0.5, 0.6) is 5.75 Å². The van der Waals surface area contributed by atoms with E-state index in [9.17, 15) is 13.6 Å². The number of benzene rings is 2. The summed E-state index contributed by atoms with van der Waals surface area (Å²) < 4.78 is 31.3. The molecule has 0 saturated carbocycles. The summed E-state index contributed by atoms with van der Waals surface area (Å²) in [5, 5.41) is 2.70. The highest BCUT2D eigenvalue weighted by molar-refractivity contribution is 5.91. The second-order valence-electron chi connectivity index (χ2n) is 4.73. The Balaban J connectivity index is 1.82. The van der Waals surface area contributed by atoms with Crippen LogP contribution in [0.15, 0.2) is 48.5 Å².